The molecule has 3 nitrogen and oxygen atoms in total. The van der Waals surface area contributed by atoms with Gasteiger partial charge in [0.05, 0.1) is 17.6 Å². The largest absolute Gasteiger partial charge is 0.388 e. The van der Waals surface area contributed by atoms with Crippen molar-refractivity contribution in [1.29, 1.82) is 0 Å². The number of aliphatic hydroxyl groups is 1. The third-order valence-electron chi connectivity index (χ3n) is 4.05. The summed E-state index contributed by atoms with van der Waals surface area (Å²) < 4.78 is 23.0. The molecule has 19 heavy (non-hydrogen) atoms. The Balaban J connectivity index is 2.22. The molecule has 4 heteroatoms. The van der Waals surface area contributed by atoms with Gasteiger partial charge in [-0.25, -0.2) is 8.42 Å². The predicted molar refractivity (Wildman–Crippen MR) is 76.9 cm³/mol. The van der Waals surface area contributed by atoms with Crippen LogP contribution < -0.4 is 0 Å². The van der Waals surface area contributed by atoms with E-state index in [1.54, 1.807) is 0 Å². The number of hydrogen-bond acceptors (Lipinski definition) is 3. The van der Waals surface area contributed by atoms with E-state index in [9.17, 15) is 13.5 Å². The number of sulfone groups is 1. The lowest BCUT2D eigenvalue weighted by Crippen LogP contribution is -2.14. The first-order valence-electron chi connectivity index (χ1n) is 6.97. The van der Waals surface area contributed by atoms with Gasteiger partial charge in [-0.05, 0) is 36.0 Å². The highest BCUT2D eigenvalue weighted by Crippen LogP contribution is 2.32. The van der Waals surface area contributed by atoms with E-state index in [0.29, 0.717) is 6.42 Å². The second-order valence-corrected chi connectivity index (χ2v) is 7.57. The third kappa shape index (κ3) is 3.18. The zero-order valence-electron chi connectivity index (χ0n) is 11.6. The maximum absolute atomic E-state index is 11.5. The molecule has 1 heterocycles. The van der Waals surface area contributed by atoms with Gasteiger partial charge in [-0.2, -0.15) is 0 Å². The number of benzene rings is 1. The molecular weight excluding hydrogens is 260 g/mol. The molecule has 0 bridgehead atoms. The van der Waals surface area contributed by atoms with Crippen LogP contribution >= 0.6 is 0 Å². The molecule has 0 radical (unpaired) electrons. The highest BCUT2D eigenvalue weighted by molar-refractivity contribution is 7.91. The smallest absolute Gasteiger partial charge is 0.150 e. The number of aryl methyl sites for hydroxylation is 2. The van der Waals surface area contributed by atoms with Gasteiger partial charge in [0.15, 0.2) is 9.84 Å². The fourth-order valence-corrected chi connectivity index (χ4v) is 4.68. The van der Waals surface area contributed by atoms with Crippen molar-refractivity contribution in [3.63, 3.8) is 0 Å². The molecule has 0 spiro atoms. The van der Waals surface area contributed by atoms with Crippen molar-refractivity contribution >= 4 is 9.84 Å². The Hall–Kier alpha value is -0.870. The Bertz CT molecular complexity index is 549. The lowest BCUT2D eigenvalue weighted by Gasteiger charge is -2.19. The first-order valence-corrected chi connectivity index (χ1v) is 8.79. The van der Waals surface area contributed by atoms with Gasteiger partial charge in [-0.15, -0.1) is 0 Å². The van der Waals surface area contributed by atoms with Crippen molar-refractivity contribution in [2.45, 2.75) is 39.2 Å². The summed E-state index contributed by atoms with van der Waals surface area (Å²) in [4.78, 5) is 0. The molecule has 106 valence electrons. The van der Waals surface area contributed by atoms with Crippen molar-refractivity contribution in [1.82, 2.24) is 0 Å². The van der Waals surface area contributed by atoms with E-state index in [4.69, 9.17) is 0 Å². The van der Waals surface area contributed by atoms with E-state index in [1.165, 1.54) is 11.1 Å². The highest BCUT2D eigenvalue weighted by atomic mass is 32.2. The van der Waals surface area contributed by atoms with E-state index in [1.807, 2.05) is 12.1 Å². The van der Waals surface area contributed by atoms with E-state index < -0.39 is 15.9 Å². The average Bonchev–Trinajstić information content (AvgIpc) is 2.77. The van der Waals surface area contributed by atoms with Gasteiger partial charge < -0.3 is 5.11 Å². The van der Waals surface area contributed by atoms with Crippen LogP contribution in [-0.2, 0) is 22.7 Å². The van der Waals surface area contributed by atoms with Gasteiger partial charge in [-0.1, -0.05) is 32.0 Å². The summed E-state index contributed by atoms with van der Waals surface area (Å²) in [5.74, 6) is 0.176. The number of aliphatic hydroxyl groups excluding tert-OH is 1. The number of rotatable bonds is 4. The first kappa shape index (κ1) is 14.5. The molecule has 0 amide bonds. The van der Waals surface area contributed by atoms with Crippen molar-refractivity contribution < 1.29 is 13.5 Å². The molecule has 1 aliphatic heterocycles. The van der Waals surface area contributed by atoms with Crippen LogP contribution in [0.15, 0.2) is 18.2 Å². The molecule has 1 N–H and O–H groups in total. The molecule has 2 rings (SSSR count). The molecule has 0 saturated carbocycles. The van der Waals surface area contributed by atoms with Gasteiger partial charge in [0.1, 0.15) is 0 Å². The van der Waals surface area contributed by atoms with Crippen molar-refractivity contribution in [2.24, 2.45) is 5.92 Å². The van der Waals surface area contributed by atoms with Crippen LogP contribution in [0.4, 0.5) is 0 Å². The maximum Gasteiger partial charge on any atom is 0.150 e. The van der Waals surface area contributed by atoms with E-state index in [0.717, 1.165) is 18.4 Å². The average molecular weight is 282 g/mol. The summed E-state index contributed by atoms with van der Waals surface area (Å²) in [5.41, 5.74) is 3.41. The van der Waals surface area contributed by atoms with Crippen molar-refractivity contribution in [3.8, 4) is 0 Å². The summed E-state index contributed by atoms with van der Waals surface area (Å²) >= 11 is 0. The van der Waals surface area contributed by atoms with Crippen molar-refractivity contribution in [2.75, 3.05) is 11.5 Å². The van der Waals surface area contributed by atoms with Crippen LogP contribution in [0.5, 0.6) is 0 Å². The minimum absolute atomic E-state index is 0.116. The lowest BCUT2D eigenvalue weighted by molar-refractivity contribution is 0.121. The fraction of sp³-hybridized carbons (Fsp3) is 0.600. The first-order chi connectivity index (χ1) is 8.96. The molecule has 2 unspecified atom stereocenters. The summed E-state index contributed by atoms with van der Waals surface area (Å²) in [6.45, 7) is 4.22. The van der Waals surface area contributed by atoms with Crippen LogP contribution in [-0.4, -0.2) is 25.0 Å². The molecule has 1 saturated heterocycles. The van der Waals surface area contributed by atoms with E-state index in [-0.39, 0.29) is 17.4 Å². The van der Waals surface area contributed by atoms with Crippen LogP contribution in [0.3, 0.4) is 0 Å². The molecular formula is C15H22O3S. The van der Waals surface area contributed by atoms with E-state index in [2.05, 4.69) is 19.9 Å². The normalized spacial score (nSPS) is 23.4. The second-order valence-electron chi connectivity index (χ2n) is 5.34. The standard InChI is InChI=1S/C15H22O3S/c1-3-11-5-6-13(9-12(11)4-2)15(16)14-7-8-19(17,18)10-14/h5-6,9,14-16H,3-4,7-8,10H2,1-2H3. The Labute approximate surface area is 115 Å². The lowest BCUT2D eigenvalue weighted by atomic mass is 9.91. The Morgan fingerprint density at radius 1 is 1.26 bits per heavy atom. The molecule has 0 aliphatic carbocycles. The fourth-order valence-electron chi connectivity index (χ4n) is 2.85. The second kappa shape index (κ2) is 5.63. The molecule has 2 atom stereocenters. The Morgan fingerprint density at radius 3 is 2.47 bits per heavy atom. The van der Waals surface area contributed by atoms with Crippen LogP contribution in [0.2, 0.25) is 0 Å². The third-order valence-corrected chi connectivity index (χ3v) is 5.84. The van der Waals surface area contributed by atoms with Gasteiger partial charge >= 0.3 is 0 Å². The molecule has 1 aromatic rings. The zero-order valence-corrected chi connectivity index (χ0v) is 12.4. The minimum Gasteiger partial charge on any atom is -0.388 e. The predicted octanol–water partition coefficient (Wildman–Crippen LogP) is 2.28. The van der Waals surface area contributed by atoms with Gasteiger partial charge in [0, 0.05) is 5.92 Å². The SMILES string of the molecule is CCc1ccc(C(O)C2CCS(=O)(=O)C2)cc1CC. The maximum atomic E-state index is 11.5. The van der Waals surface area contributed by atoms with Crippen molar-refractivity contribution in [3.05, 3.63) is 34.9 Å². The summed E-state index contributed by atoms with van der Waals surface area (Å²) in [7, 11) is -2.94. The molecule has 1 aliphatic rings. The van der Waals surface area contributed by atoms with Gasteiger partial charge in [-0.3, -0.25) is 0 Å². The highest BCUT2D eigenvalue weighted by Gasteiger charge is 2.33. The van der Waals surface area contributed by atoms with Crippen LogP contribution in [0.1, 0.15) is 43.1 Å². The summed E-state index contributed by atoms with van der Waals surface area (Å²) in [5, 5.41) is 10.4. The zero-order chi connectivity index (χ0) is 14.0. The topological polar surface area (TPSA) is 54.4 Å². The van der Waals surface area contributed by atoms with Gasteiger partial charge in [0.25, 0.3) is 0 Å². The van der Waals surface area contributed by atoms with E-state index >= 15 is 0 Å². The Morgan fingerprint density at radius 2 is 1.95 bits per heavy atom. The van der Waals surface area contributed by atoms with Crippen LogP contribution in [0.25, 0.3) is 0 Å². The minimum atomic E-state index is -2.94. The van der Waals surface area contributed by atoms with Crippen LogP contribution in [0, 0.1) is 5.92 Å². The van der Waals surface area contributed by atoms with Gasteiger partial charge in [0.2, 0.25) is 0 Å². The molecule has 1 aromatic carbocycles. The molecule has 1 fully saturated rings. The summed E-state index contributed by atoms with van der Waals surface area (Å²) in [6, 6.07) is 6.03. The Kier molecular flexibility index (Phi) is 4.31. The monoisotopic (exact) mass is 282 g/mol. The molecule has 0 aromatic heterocycles. The number of hydrogen-bond donors (Lipinski definition) is 1. The quantitative estimate of drug-likeness (QED) is 0.921. The summed E-state index contributed by atoms with van der Waals surface area (Å²) in [6.07, 6.45) is 1.83.